The molecule has 24 heavy (non-hydrogen) atoms. The number of carbonyl (C=O) groups excluding carboxylic acids is 1. The van der Waals surface area contributed by atoms with Crippen LogP contribution in [-0.2, 0) is 6.54 Å². The Morgan fingerprint density at radius 2 is 2.04 bits per heavy atom. The highest BCUT2D eigenvalue weighted by atomic mass is 16.5. The van der Waals surface area contributed by atoms with Crippen LogP contribution in [0, 0.1) is 0 Å². The van der Waals surface area contributed by atoms with Gasteiger partial charge in [0, 0.05) is 35.3 Å². The Morgan fingerprint density at radius 3 is 2.83 bits per heavy atom. The lowest BCUT2D eigenvalue weighted by Gasteiger charge is -2.01. The van der Waals surface area contributed by atoms with Gasteiger partial charge in [-0.1, -0.05) is 18.2 Å². The number of ether oxygens (including phenoxy) is 2. The third-order valence-corrected chi connectivity index (χ3v) is 4.32. The van der Waals surface area contributed by atoms with Crippen molar-refractivity contribution in [2.45, 2.75) is 13.5 Å². The van der Waals surface area contributed by atoms with Crippen LogP contribution in [-0.4, -0.2) is 17.5 Å². The zero-order valence-corrected chi connectivity index (χ0v) is 13.6. The molecule has 120 valence electrons. The first-order valence-electron chi connectivity index (χ1n) is 7.91. The van der Waals surface area contributed by atoms with Crippen molar-refractivity contribution in [3.63, 3.8) is 0 Å². The van der Waals surface area contributed by atoms with Crippen molar-refractivity contribution in [3.8, 4) is 11.5 Å². The molecule has 0 atom stereocenters. The van der Waals surface area contributed by atoms with E-state index in [1.807, 2.05) is 18.2 Å². The molecule has 0 spiro atoms. The van der Waals surface area contributed by atoms with E-state index in [-0.39, 0.29) is 5.78 Å². The minimum absolute atomic E-state index is 0.0963. The minimum atomic E-state index is -0.0963. The van der Waals surface area contributed by atoms with Crippen LogP contribution in [0.25, 0.3) is 17.0 Å². The molecule has 0 N–H and O–H groups in total. The average Bonchev–Trinajstić information content (AvgIpc) is 3.13. The summed E-state index contributed by atoms with van der Waals surface area (Å²) in [5.41, 5.74) is 2.70. The predicted molar refractivity (Wildman–Crippen MR) is 93.5 cm³/mol. The van der Waals surface area contributed by atoms with Crippen LogP contribution in [0.5, 0.6) is 11.5 Å². The number of carbonyl (C=O) groups is 1. The van der Waals surface area contributed by atoms with Crippen LogP contribution in [0.2, 0.25) is 0 Å². The fraction of sp³-hybridized carbons (Fsp3) is 0.150. The molecule has 0 amide bonds. The third-order valence-electron chi connectivity index (χ3n) is 4.32. The topological polar surface area (TPSA) is 40.5 Å². The number of para-hydroxylation sites is 1. The third kappa shape index (κ3) is 2.19. The van der Waals surface area contributed by atoms with Gasteiger partial charge in [0.2, 0.25) is 5.78 Å². The van der Waals surface area contributed by atoms with Crippen molar-refractivity contribution < 1.29 is 14.3 Å². The van der Waals surface area contributed by atoms with Gasteiger partial charge in [0.15, 0.2) is 5.76 Å². The molecule has 0 saturated heterocycles. The quantitative estimate of drug-likeness (QED) is 0.676. The van der Waals surface area contributed by atoms with E-state index < -0.39 is 0 Å². The van der Waals surface area contributed by atoms with Gasteiger partial charge in [0.1, 0.15) is 11.5 Å². The molecule has 2 aromatic carbocycles. The summed E-state index contributed by atoms with van der Waals surface area (Å²) in [6.45, 7) is 2.97. The molecule has 4 nitrogen and oxygen atoms in total. The van der Waals surface area contributed by atoms with Crippen LogP contribution < -0.4 is 9.47 Å². The van der Waals surface area contributed by atoms with Crippen LogP contribution in [0.3, 0.4) is 0 Å². The number of aromatic nitrogens is 1. The van der Waals surface area contributed by atoms with Gasteiger partial charge in [0.25, 0.3) is 0 Å². The number of allylic oxidation sites excluding steroid dienone is 1. The number of methoxy groups -OCH3 is 1. The van der Waals surface area contributed by atoms with Gasteiger partial charge in [-0.15, -0.1) is 0 Å². The number of nitrogens with zero attached hydrogens (tertiary/aromatic N) is 1. The maximum atomic E-state index is 12.6. The maximum absolute atomic E-state index is 12.6. The summed E-state index contributed by atoms with van der Waals surface area (Å²) in [5, 5.41) is 1.11. The van der Waals surface area contributed by atoms with E-state index in [1.54, 1.807) is 25.3 Å². The highest BCUT2D eigenvalue weighted by Gasteiger charge is 2.28. The normalized spacial score (nSPS) is 14.9. The van der Waals surface area contributed by atoms with Crippen molar-refractivity contribution >= 4 is 22.8 Å². The van der Waals surface area contributed by atoms with Crippen LogP contribution in [0.1, 0.15) is 22.8 Å². The van der Waals surface area contributed by atoms with Crippen molar-refractivity contribution in [1.82, 2.24) is 4.57 Å². The lowest BCUT2D eigenvalue weighted by Crippen LogP contribution is -1.97. The Balaban J connectivity index is 1.79. The van der Waals surface area contributed by atoms with E-state index in [9.17, 15) is 4.79 Å². The second-order valence-electron chi connectivity index (χ2n) is 5.69. The van der Waals surface area contributed by atoms with Crippen molar-refractivity contribution in [3.05, 3.63) is 65.5 Å². The monoisotopic (exact) mass is 319 g/mol. The molecule has 0 fully saturated rings. The Morgan fingerprint density at radius 1 is 1.21 bits per heavy atom. The Hall–Kier alpha value is -3.01. The first-order chi connectivity index (χ1) is 11.7. The highest BCUT2D eigenvalue weighted by Crippen LogP contribution is 2.35. The number of rotatable bonds is 3. The van der Waals surface area contributed by atoms with Gasteiger partial charge in [-0.25, -0.2) is 0 Å². The number of aryl methyl sites for hydroxylation is 1. The number of ketones is 1. The lowest BCUT2D eigenvalue weighted by atomic mass is 10.1. The van der Waals surface area contributed by atoms with E-state index in [0.717, 1.165) is 23.0 Å². The maximum Gasteiger partial charge on any atom is 0.231 e. The van der Waals surface area contributed by atoms with Crippen molar-refractivity contribution in [1.29, 1.82) is 0 Å². The van der Waals surface area contributed by atoms with Gasteiger partial charge < -0.3 is 14.0 Å². The number of benzene rings is 2. The van der Waals surface area contributed by atoms with Crippen molar-refractivity contribution in [2.75, 3.05) is 7.11 Å². The number of hydrogen-bond acceptors (Lipinski definition) is 3. The smallest absolute Gasteiger partial charge is 0.231 e. The summed E-state index contributed by atoms with van der Waals surface area (Å²) in [6, 6.07) is 13.4. The number of hydrogen-bond donors (Lipinski definition) is 0. The summed E-state index contributed by atoms with van der Waals surface area (Å²) in [6.07, 6.45) is 3.88. The summed E-state index contributed by atoms with van der Waals surface area (Å²) in [4.78, 5) is 12.6. The predicted octanol–water partition coefficient (Wildman–Crippen LogP) is 4.29. The van der Waals surface area contributed by atoms with Gasteiger partial charge in [-0.05, 0) is 31.2 Å². The molecule has 0 aliphatic carbocycles. The number of fused-ring (bicyclic) bond motifs is 2. The first kappa shape index (κ1) is 14.6. The van der Waals surface area contributed by atoms with E-state index in [0.29, 0.717) is 22.8 Å². The fourth-order valence-corrected chi connectivity index (χ4v) is 3.09. The zero-order valence-electron chi connectivity index (χ0n) is 13.6. The molecule has 4 heteroatoms. The molecule has 0 unspecified atom stereocenters. The summed E-state index contributed by atoms with van der Waals surface area (Å²) >= 11 is 0. The van der Waals surface area contributed by atoms with E-state index in [4.69, 9.17) is 9.47 Å². The SMILES string of the molecule is CCn1cc(/C=C2/Oc3cc(OC)ccc3C2=O)c2ccccc21. The molecule has 1 aromatic heterocycles. The molecule has 1 aliphatic rings. The van der Waals surface area contributed by atoms with Crippen LogP contribution >= 0.6 is 0 Å². The second-order valence-corrected chi connectivity index (χ2v) is 5.69. The van der Waals surface area contributed by atoms with Gasteiger partial charge in [-0.2, -0.15) is 0 Å². The van der Waals surface area contributed by atoms with E-state index in [1.165, 1.54) is 0 Å². The Labute approximate surface area is 139 Å². The molecular weight excluding hydrogens is 302 g/mol. The molecular formula is C20H17NO3. The van der Waals surface area contributed by atoms with Crippen molar-refractivity contribution in [2.24, 2.45) is 0 Å². The van der Waals surface area contributed by atoms with Gasteiger partial charge in [0.05, 0.1) is 12.7 Å². The minimum Gasteiger partial charge on any atom is -0.497 e. The summed E-state index contributed by atoms with van der Waals surface area (Å²) in [5.74, 6) is 1.47. The molecule has 1 aliphatic heterocycles. The average molecular weight is 319 g/mol. The van der Waals surface area contributed by atoms with Crippen LogP contribution in [0.15, 0.2) is 54.4 Å². The van der Waals surface area contributed by atoms with Gasteiger partial charge in [-0.3, -0.25) is 4.79 Å². The fourth-order valence-electron chi connectivity index (χ4n) is 3.09. The second kappa shape index (κ2) is 5.57. The molecule has 0 radical (unpaired) electrons. The Kier molecular flexibility index (Phi) is 3.38. The highest BCUT2D eigenvalue weighted by molar-refractivity contribution is 6.15. The molecule has 0 bridgehead atoms. The van der Waals surface area contributed by atoms with Gasteiger partial charge >= 0.3 is 0 Å². The molecule has 4 rings (SSSR count). The van der Waals surface area contributed by atoms with E-state index in [2.05, 4.69) is 29.8 Å². The summed E-state index contributed by atoms with van der Waals surface area (Å²) in [7, 11) is 1.59. The van der Waals surface area contributed by atoms with Crippen LogP contribution in [0.4, 0.5) is 0 Å². The Bertz CT molecular complexity index is 982. The molecule has 3 aromatic rings. The molecule has 0 saturated carbocycles. The zero-order chi connectivity index (χ0) is 16.7. The summed E-state index contributed by atoms with van der Waals surface area (Å²) < 4.78 is 13.1. The standard InChI is InChI=1S/C20H17NO3/c1-3-21-12-13(15-6-4-5-7-17(15)21)10-19-20(22)16-9-8-14(23-2)11-18(16)24-19/h4-12H,3H2,1-2H3/b19-10+. The number of Topliss-reactive ketones (excluding diaryl/α,β-unsaturated/α-hetero) is 1. The lowest BCUT2D eigenvalue weighted by molar-refractivity contribution is 0.101. The first-order valence-corrected chi connectivity index (χ1v) is 7.91. The largest absolute Gasteiger partial charge is 0.497 e. The molecule has 2 heterocycles. The van der Waals surface area contributed by atoms with E-state index >= 15 is 0 Å².